The van der Waals surface area contributed by atoms with E-state index in [0.29, 0.717) is 15.7 Å². The Morgan fingerprint density at radius 1 is 1.52 bits per heavy atom. The van der Waals surface area contributed by atoms with Gasteiger partial charge in [-0.1, -0.05) is 0 Å². The molecule has 8 nitrogen and oxygen atoms in total. The summed E-state index contributed by atoms with van der Waals surface area (Å²) in [4.78, 5) is 27.4. The zero-order chi connectivity index (χ0) is 15.0. The molecule has 3 heterocycles. The number of esters is 1. The van der Waals surface area contributed by atoms with Crippen LogP contribution in [0.2, 0.25) is 0 Å². The van der Waals surface area contributed by atoms with Crippen LogP contribution in [-0.2, 0) is 9.53 Å². The largest absolute Gasteiger partial charge is 0.504 e. The number of carbonyl (C=O) groups is 2. The fourth-order valence-electron chi connectivity index (χ4n) is 1.98. The number of hydrogen-bond donors (Lipinski definition) is 2. The van der Waals surface area contributed by atoms with Gasteiger partial charge in [0, 0.05) is 5.39 Å². The SMILES string of the molecule is COC(=O)CNC(=O)c1c(O)c2sccc2c2ncnn12. The van der Waals surface area contributed by atoms with Crippen LogP contribution < -0.4 is 5.32 Å². The highest BCUT2D eigenvalue weighted by Crippen LogP contribution is 2.34. The number of ether oxygens (including phenoxy) is 1. The molecule has 0 unspecified atom stereocenters. The summed E-state index contributed by atoms with van der Waals surface area (Å²) in [5, 5.41) is 19.1. The van der Waals surface area contributed by atoms with Crippen LogP contribution >= 0.6 is 11.3 Å². The summed E-state index contributed by atoms with van der Waals surface area (Å²) in [7, 11) is 1.22. The topological polar surface area (TPSA) is 106 Å². The van der Waals surface area contributed by atoms with E-state index >= 15 is 0 Å². The molecule has 0 aromatic carbocycles. The smallest absolute Gasteiger partial charge is 0.325 e. The van der Waals surface area contributed by atoms with Crippen molar-refractivity contribution < 1.29 is 19.4 Å². The third-order valence-corrected chi connectivity index (χ3v) is 3.86. The third-order valence-electron chi connectivity index (χ3n) is 2.94. The average molecular weight is 306 g/mol. The van der Waals surface area contributed by atoms with Gasteiger partial charge >= 0.3 is 5.97 Å². The Bertz CT molecular complexity index is 854. The lowest BCUT2D eigenvalue weighted by molar-refractivity contribution is -0.139. The van der Waals surface area contributed by atoms with Gasteiger partial charge in [-0.25, -0.2) is 9.50 Å². The van der Waals surface area contributed by atoms with Crippen LogP contribution in [0.1, 0.15) is 10.5 Å². The Morgan fingerprint density at radius 3 is 3.10 bits per heavy atom. The second-order valence-corrected chi connectivity index (χ2v) is 5.03. The van der Waals surface area contributed by atoms with E-state index in [1.54, 1.807) is 11.4 Å². The van der Waals surface area contributed by atoms with E-state index in [2.05, 4.69) is 20.1 Å². The van der Waals surface area contributed by atoms with Crippen molar-refractivity contribution in [2.45, 2.75) is 0 Å². The number of fused-ring (bicyclic) bond motifs is 3. The van der Waals surface area contributed by atoms with Crippen molar-refractivity contribution in [3.8, 4) is 5.75 Å². The summed E-state index contributed by atoms with van der Waals surface area (Å²) >= 11 is 1.29. The highest BCUT2D eigenvalue weighted by molar-refractivity contribution is 7.17. The number of thiophene rings is 1. The summed E-state index contributed by atoms with van der Waals surface area (Å²) in [6, 6.07) is 1.79. The number of pyridine rings is 1. The third kappa shape index (κ3) is 2.07. The molecular formula is C12H10N4O4S. The predicted molar refractivity (Wildman–Crippen MR) is 74.4 cm³/mol. The lowest BCUT2D eigenvalue weighted by atomic mass is 10.2. The van der Waals surface area contributed by atoms with Crippen LogP contribution in [-0.4, -0.2) is 45.2 Å². The number of hydrogen-bond acceptors (Lipinski definition) is 7. The number of aromatic nitrogens is 3. The molecule has 3 aromatic rings. The van der Waals surface area contributed by atoms with Gasteiger partial charge in [0.15, 0.2) is 17.1 Å². The maximum absolute atomic E-state index is 12.2. The molecule has 3 rings (SSSR count). The first-order chi connectivity index (χ1) is 10.1. The number of rotatable bonds is 3. The maximum atomic E-state index is 12.2. The molecule has 0 fully saturated rings. The van der Waals surface area contributed by atoms with Crippen molar-refractivity contribution in [2.75, 3.05) is 13.7 Å². The van der Waals surface area contributed by atoms with Crippen LogP contribution in [0.15, 0.2) is 17.8 Å². The molecule has 2 N–H and O–H groups in total. The molecule has 0 aliphatic carbocycles. The van der Waals surface area contributed by atoms with E-state index in [1.165, 1.54) is 29.3 Å². The van der Waals surface area contributed by atoms with Gasteiger partial charge in [-0.15, -0.1) is 11.3 Å². The minimum absolute atomic E-state index is 0.0682. The molecule has 0 saturated carbocycles. The first-order valence-electron chi connectivity index (χ1n) is 5.90. The summed E-state index contributed by atoms with van der Waals surface area (Å²) in [5.74, 6) is -1.42. The van der Waals surface area contributed by atoms with Crippen LogP contribution in [0.3, 0.4) is 0 Å². The first kappa shape index (κ1) is 13.3. The van der Waals surface area contributed by atoms with Crippen LogP contribution in [0.25, 0.3) is 15.7 Å². The monoisotopic (exact) mass is 306 g/mol. The summed E-state index contributed by atoms with van der Waals surface area (Å²) < 4.78 is 6.24. The molecule has 0 saturated heterocycles. The van der Waals surface area contributed by atoms with Crippen molar-refractivity contribution in [3.05, 3.63) is 23.5 Å². The Labute approximate surface area is 122 Å². The molecule has 0 aliphatic rings. The fraction of sp³-hybridized carbons (Fsp3) is 0.167. The number of nitrogens with one attached hydrogen (secondary N) is 1. The molecule has 3 aromatic heterocycles. The summed E-state index contributed by atoms with van der Waals surface area (Å²) in [6.45, 7) is -0.298. The van der Waals surface area contributed by atoms with Gasteiger partial charge in [-0.2, -0.15) is 5.10 Å². The van der Waals surface area contributed by atoms with E-state index < -0.39 is 11.9 Å². The lowest BCUT2D eigenvalue weighted by Gasteiger charge is -2.08. The van der Waals surface area contributed by atoms with E-state index in [-0.39, 0.29) is 18.0 Å². The molecule has 0 atom stereocenters. The highest BCUT2D eigenvalue weighted by atomic mass is 32.1. The first-order valence-corrected chi connectivity index (χ1v) is 6.78. The molecule has 9 heteroatoms. The zero-order valence-corrected chi connectivity index (χ0v) is 11.7. The summed E-state index contributed by atoms with van der Waals surface area (Å²) in [6.07, 6.45) is 1.29. The van der Waals surface area contributed by atoms with Crippen molar-refractivity contribution in [1.82, 2.24) is 19.9 Å². The average Bonchev–Trinajstić information content (AvgIpc) is 3.12. The molecule has 0 aliphatic heterocycles. The minimum atomic E-state index is -0.635. The molecule has 21 heavy (non-hydrogen) atoms. The maximum Gasteiger partial charge on any atom is 0.325 e. The van der Waals surface area contributed by atoms with E-state index in [0.717, 1.165) is 0 Å². The van der Waals surface area contributed by atoms with Crippen molar-refractivity contribution >= 4 is 38.9 Å². The van der Waals surface area contributed by atoms with E-state index in [1.807, 2.05) is 0 Å². The second kappa shape index (κ2) is 5.02. The van der Waals surface area contributed by atoms with E-state index in [9.17, 15) is 14.7 Å². The van der Waals surface area contributed by atoms with Crippen LogP contribution in [0.4, 0.5) is 0 Å². The number of carbonyl (C=O) groups excluding carboxylic acids is 2. The van der Waals surface area contributed by atoms with Gasteiger partial charge in [0.1, 0.15) is 12.9 Å². The Hall–Kier alpha value is -2.68. The van der Waals surface area contributed by atoms with Crippen molar-refractivity contribution in [3.63, 3.8) is 0 Å². The Morgan fingerprint density at radius 2 is 2.33 bits per heavy atom. The second-order valence-electron chi connectivity index (χ2n) is 4.11. The standard InChI is InChI=1S/C12H10N4O4S/c1-20-7(17)4-13-12(19)8-9(18)10-6(2-3-21-10)11-14-5-15-16(8)11/h2-3,5,18H,4H2,1H3,(H,13,19). The predicted octanol–water partition coefficient (Wildman–Crippen LogP) is 0.552. The van der Waals surface area contributed by atoms with Gasteiger partial charge in [0.05, 0.1) is 11.8 Å². The van der Waals surface area contributed by atoms with Crippen molar-refractivity contribution in [1.29, 1.82) is 0 Å². The van der Waals surface area contributed by atoms with E-state index in [4.69, 9.17) is 0 Å². The quantitative estimate of drug-likeness (QED) is 0.685. The van der Waals surface area contributed by atoms with Crippen LogP contribution in [0, 0.1) is 0 Å². The van der Waals surface area contributed by atoms with Gasteiger partial charge in [-0.05, 0) is 11.4 Å². The van der Waals surface area contributed by atoms with Gasteiger partial charge < -0.3 is 15.2 Å². The van der Waals surface area contributed by atoms with Gasteiger partial charge in [-0.3, -0.25) is 9.59 Å². The van der Waals surface area contributed by atoms with Crippen LogP contribution in [0.5, 0.6) is 5.75 Å². The molecule has 108 valence electrons. The van der Waals surface area contributed by atoms with Gasteiger partial charge in [0.25, 0.3) is 5.91 Å². The zero-order valence-electron chi connectivity index (χ0n) is 10.9. The molecule has 0 bridgehead atoms. The lowest BCUT2D eigenvalue weighted by Crippen LogP contribution is -2.31. The highest BCUT2D eigenvalue weighted by Gasteiger charge is 2.22. The number of aromatic hydroxyl groups is 1. The number of amides is 1. The number of methoxy groups -OCH3 is 1. The summed E-state index contributed by atoms with van der Waals surface area (Å²) in [5.41, 5.74) is 0.397. The Kier molecular flexibility index (Phi) is 3.18. The molecule has 0 radical (unpaired) electrons. The fourth-order valence-corrected chi connectivity index (χ4v) is 2.81. The van der Waals surface area contributed by atoms with Crippen molar-refractivity contribution in [2.24, 2.45) is 0 Å². The molecular weight excluding hydrogens is 296 g/mol. The molecule has 1 amide bonds. The molecule has 0 spiro atoms. The minimum Gasteiger partial charge on any atom is -0.504 e. The Balaban J connectivity index is 2.11. The normalized spacial score (nSPS) is 10.9. The number of nitrogens with zero attached hydrogens (tertiary/aromatic N) is 3. The van der Waals surface area contributed by atoms with Gasteiger partial charge in [0.2, 0.25) is 0 Å².